The molecule has 6 rings (SSSR count). The highest BCUT2D eigenvalue weighted by molar-refractivity contribution is 6.33. The molecule has 8 heteroatoms. The van der Waals surface area contributed by atoms with Crippen LogP contribution in [0.1, 0.15) is 52.6 Å². The maximum atomic E-state index is 13.5. The molecule has 4 aromatic carbocycles. The van der Waals surface area contributed by atoms with E-state index in [1.165, 1.54) is 9.80 Å². The summed E-state index contributed by atoms with van der Waals surface area (Å²) in [6.45, 7) is 0.166. The molecule has 0 radical (unpaired) electrons. The van der Waals surface area contributed by atoms with Gasteiger partial charge in [0.15, 0.2) is 0 Å². The average Bonchev–Trinajstić information content (AvgIpc) is 2.95. The molecule has 0 aromatic heterocycles. The molecule has 0 saturated heterocycles. The third-order valence-electron chi connectivity index (χ3n) is 7.06. The highest BCUT2D eigenvalue weighted by Crippen LogP contribution is 2.38. The standard InChI is InChI=1S/C30H22N2O6/c1-37-19-7-3-17(4-8-19)15-31-27(33)21-11-13-23-26-24(14-12-22(25(21)26)28(31)34)30(36)32(29(23)35)16-18-5-9-20(38-2)10-6-18/h3-14H,15-16H2,1-2H3. The summed E-state index contributed by atoms with van der Waals surface area (Å²) < 4.78 is 10.4. The van der Waals surface area contributed by atoms with Gasteiger partial charge in [-0.15, -0.1) is 0 Å². The minimum Gasteiger partial charge on any atom is -0.497 e. The summed E-state index contributed by atoms with van der Waals surface area (Å²) in [5.74, 6) is -0.537. The molecule has 38 heavy (non-hydrogen) atoms. The van der Waals surface area contributed by atoms with E-state index in [2.05, 4.69) is 0 Å². The van der Waals surface area contributed by atoms with Crippen molar-refractivity contribution < 1.29 is 28.7 Å². The van der Waals surface area contributed by atoms with Crippen LogP contribution in [0.25, 0.3) is 10.8 Å². The topological polar surface area (TPSA) is 93.2 Å². The summed E-state index contributed by atoms with van der Waals surface area (Å²) in [6.07, 6.45) is 0. The Hall–Kier alpha value is -4.98. The lowest BCUT2D eigenvalue weighted by molar-refractivity contribution is 0.0577. The minimum absolute atomic E-state index is 0.0829. The van der Waals surface area contributed by atoms with E-state index in [-0.39, 0.29) is 35.3 Å². The van der Waals surface area contributed by atoms with Crippen molar-refractivity contribution in [1.29, 1.82) is 0 Å². The number of rotatable bonds is 6. The molecule has 0 unspecified atom stereocenters. The van der Waals surface area contributed by atoms with Gasteiger partial charge in [-0.3, -0.25) is 29.0 Å². The second-order valence-corrected chi connectivity index (χ2v) is 9.16. The monoisotopic (exact) mass is 506 g/mol. The maximum Gasteiger partial charge on any atom is 0.261 e. The molecule has 0 fully saturated rings. The van der Waals surface area contributed by atoms with Crippen molar-refractivity contribution in [3.63, 3.8) is 0 Å². The molecule has 2 aliphatic heterocycles. The van der Waals surface area contributed by atoms with Gasteiger partial charge in [-0.05, 0) is 59.7 Å². The molecule has 188 valence electrons. The van der Waals surface area contributed by atoms with Gasteiger partial charge in [-0.1, -0.05) is 24.3 Å². The maximum absolute atomic E-state index is 13.5. The van der Waals surface area contributed by atoms with E-state index >= 15 is 0 Å². The van der Waals surface area contributed by atoms with Gasteiger partial charge in [0, 0.05) is 33.0 Å². The summed E-state index contributed by atoms with van der Waals surface area (Å²) in [7, 11) is 3.13. The highest BCUT2D eigenvalue weighted by Gasteiger charge is 2.39. The number of methoxy groups -OCH3 is 2. The van der Waals surface area contributed by atoms with E-state index in [0.717, 1.165) is 11.1 Å². The number of carbonyl (C=O) groups excluding carboxylic acids is 4. The Bertz CT molecular complexity index is 1460. The Morgan fingerprint density at radius 3 is 1.03 bits per heavy atom. The van der Waals surface area contributed by atoms with Crippen molar-refractivity contribution in [1.82, 2.24) is 9.80 Å². The van der Waals surface area contributed by atoms with Crippen LogP contribution in [0.3, 0.4) is 0 Å². The number of amides is 4. The Kier molecular flexibility index (Phi) is 5.45. The zero-order valence-electron chi connectivity index (χ0n) is 20.7. The fraction of sp³-hybridized carbons (Fsp3) is 0.133. The number of benzene rings is 4. The van der Waals surface area contributed by atoms with Crippen LogP contribution in [0.5, 0.6) is 11.5 Å². The molecule has 0 N–H and O–H groups in total. The SMILES string of the molecule is COc1ccc(CN2C(=O)c3ccc4c5c(ccc(c35)C2=O)C(=O)N(Cc2ccc(OC)cc2)C4=O)cc1. The third kappa shape index (κ3) is 3.53. The lowest BCUT2D eigenvalue weighted by Gasteiger charge is -2.32. The normalized spacial score (nSPS) is 14.4. The first-order valence-corrected chi connectivity index (χ1v) is 12.0. The van der Waals surface area contributed by atoms with Crippen LogP contribution in [0, 0.1) is 0 Å². The second-order valence-electron chi connectivity index (χ2n) is 9.16. The first kappa shape index (κ1) is 23.4. The summed E-state index contributed by atoms with van der Waals surface area (Å²) in [4.78, 5) is 56.3. The number of imide groups is 2. The Morgan fingerprint density at radius 1 is 0.474 bits per heavy atom. The predicted octanol–water partition coefficient (Wildman–Crippen LogP) is 4.45. The van der Waals surface area contributed by atoms with E-state index in [9.17, 15) is 19.2 Å². The molecule has 2 heterocycles. The molecule has 0 bridgehead atoms. The van der Waals surface area contributed by atoms with Crippen LogP contribution in [0.2, 0.25) is 0 Å². The van der Waals surface area contributed by atoms with Crippen LogP contribution in [-0.2, 0) is 13.1 Å². The second kappa shape index (κ2) is 8.85. The lowest BCUT2D eigenvalue weighted by atomic mass is 9.85. The number of carbonyl (C=O) groups is 4. The van der Waals surface area contributed by atoms with Crippen LogP contribution < -0.4 is 9.47 Å². The molecule has 0 atom stereocenters. The Balaban J connectivity index is 1.38. The van der Waals surface area contributed by atoms with Gasteiger partial charge in [0.05, 0.1) is 27.3 Å². The summed E-state index contributed by atoms with van der Waals surface area (Å²) in [5.41, 5.74) is 2.69. The molecule has 0 saturated carbocycles. The van der Waals surface area contributed by atoms with E-state index < -0.39 is 23.6 Å². The zero-order valence-corrected chi connectivity index (χ0v) is 20.7. The fourth-order valence-electron chi connectivity index (χ4n) is 5.09. The summed E-state index contributed by atoms with van der Waals surface area (Å²) in [5, 5.41) is 0.707. The highest BCUT2D eigenvalue weighted by atomic mass is 16.5. The molecule has 0 aliphatic carbocycles. The van der Waals surface area contributed by atoms with Crippen molar-refractivity contribution in [2.24, 2.45) is 0 Å². The smallest absolute Gasteiger partial charge is 0.261 e. The molecular weight excluding hydrogens is 484 g/mol. The molecule has 8 nitrogen and oxygen atoms in total. The molecule has 2 aliphatic rings. The lowest BCUT2D eigenvalue weighted by Crippen LogP contribution is -2.42. The van der Waals surface area contributed by atoms with E-state index in [1.807, 2.05) is 0 Å². The first-order valence-electron chi connectivity index (χ1n) is 12.0. The largest absolute Gasteiger partial charge is 0.497 e. The van der Waals surface area contributed by atoms with Crippen LogP contribution in [0.15, 0.2) is 72.8 Å². The molecule has 0 spiro atoms. The summed E-state index contributed by atoms with van der Waals surface area (Å²) >= 11 is 0. The summed E-state index contributed by atoms with van der Waals surface area (Å²) in [6, 6.07) is 20.5. The average molecular weight is 507 g/mol. The predicted molar refractivity (Wildman–Crippen MR) is 138 cm³/mol. The number of hydrogen-bond acceptors (Lipinski definition) is 6. The van der Waals surface area contributed by atoms with Gasteiger partial charge in [0.1, 0.15) is 11.5 Å². The van der Waals surface area contributed by atoms with Crippen LogP contribution >= 0.6 is 0 Å². The zero-order chi connectivity index (χ0) is 26.6. The van der Waals surface area contributed by atoms with Crippen LogP contribution in [0.4, 0.5) is 0 Å². The van der Waals surface area contributed by atoms with Crippen molar-refractivity contribution in [3.05, 3.63) is 106 Å². The van der Waals surface area contributed by atoms with Crippen molar-refractivity contribution in [2.75, 3.05) is 14.2 Å². The third-order valence-corrected chi connectivity index (χ3v) is 7.06. The Morgan fingerprint density at radius 2 is 0.763 bits per heavy atom. The van der Waals surface area contributed by atoms with Crippen molar-refractivity contribution in [2.45, 2.75) is 13.1 Å². The number of ether oxygens (including phenoxy) is 2. The van der Waals surface area contributed by atoms with Crippen molar-refractivity contribution >= 4 is 34.4 Å². The number of nitrogens with zero attached hydrogens (tertiary/aromatic N) is 2. The van der Waals surface area contributed by atoms with Gasteiger partial charge in [0.2, 0.25) is 0 Å². The van der Waals surface area contributed by atoms with Gasteiger partial charge in [-0.2, -0.15) is 0 Å². The van der Waals surface area contributed by atoms with Gasteiger partial charge in [0.25, 0.3) is 23.6 Å². The number of hydrogen-bond donors (Lipinski definition) is 0. The Labute approximate surface area is 218 Å². The molecular formula is C30H22N2O6. The quantitative estimate of drug-likeness (QED) is 0.359. The first-order chi connectivity index (χ1) is 18.4. The fourth-order valence-corrected chi connectivity index (χ4v) is 5.09. The van der Waals surface area contributed by atoms with E-state index in [4.69, 9.17) is 9.47 Å². The van der Waals surface area contributed by atoms with Crippen molar-refractivity contribution in [3.8, 4) is 11.5 Å². The minimum atomic E-state index is -0.470. The van der Waals surface area contributed by atoms with Gasteiger partial charge in [-0.25, -0.2) is 0 Å². The molecule has 4 aromatic rings. The van der Waals surface area contributed by atoms with Crippen LogP contribution in [-0.4, -0.2) is 47.6 Å². The van der Waals surface area contributed by atoms with E-state index in [0.29, 0.717) is 22.3 Å². The van der Waals surface area contributed by atoms with Gasteiger partial charge < -0.3 is 9.47 Å². The van der Waals surface area contributed by atoms with Gasteiger partial charge >= 0.3 is 0 Å². The molecule has 4 amide bonds. The van der Waals surface area contributed by atoms with E-state index in [1.54, 1.807) is 87.0 Å².